The fraction of sp³-hybridized carbons (Fsp3) is 0. The molecule has 0 unspecified atom stereocenters. The molecule has 0 aliphatic rings. The highest BCUT2D eigenvalue weighted by molar-refractivity contribution is 5.84. The molecule has 5 nitrogen and oxygen atoms in total. The molecule has 0 aliphatic heterocycles. The molecule has 0 amide bonds. The van der Waals surface area contributed by atoms with Crippen molar-refractivity contribution < 1.29 is 4.92 Å². The first kappa shape index (κ1) is 12.1. The van der Waals surface area contributed by atoms with Crippen molar-refractivity contribution >= 4 is 28.0 Å². The van der Waals surface area contributed by atoms with Crippen molar-refractivity contribution in [1.29, 1.82) is 0 Å². The van der Waals surface area contributed by atoms with Gasteiger partial charge in [0.05, 0.1) is 22.3 Å². The number of nitrogens with one attached hydrogen (secondary N) is 1. The Bertz CT molecular complexity index is 772. The van der Waals surface area contributed by atoms with Crippen LogP contribution >= 0.6 is 0 Å². The van der Waals surface area contributed by atoms with Crippen molar-refractivity contribution in [3.8, 4) is 0 Å². The Kier molecular flexibility index (Phi) is 3.01. The molecule has 1 heterocycles. The molecule has 5 heteroatoms. The van der Waals surface area contributed by atoms with Gasteiger partial charge in [-0.15, -0.1) is 0 Å². The first-order chi connectivity index (χ1) is 9.72. The molecule has 0 saturated carbocycles. The van der Waals surface area contributed by atoms with Crippen LogP contribution in [-0.4, -0.2) is 9.91 Å². The monoisotopic (exact) mass is 265 g/mol. The molecule has 3 rings (SSSR count). The molecule has 98 valence electrons. The average molecular weight is 265 g/mol. The highest BCUT2D eigenvalue weighted by Crippen LogP contribution is 2.23. The number of rotatable bonds is 3. The predicted octanol–water partition coefficient (Wildman–Crippen LogP) is 3.89. The molecular weight excluding hydrogens is 254 g/mol. The van der Waals surface area contributed by atoms with Crippen molar-refractivity contribution in [1.82, 2.24) is 4.98 Å². The molecule has 0 bridgehead atoms. The van der Waals surface area contributed by atoms with Crippen LogP contribution in [0.2, 0.25) is 0 Å². The van der Waals surface area contributed by atoms with E-state index in [1.54, 1.807) is 12.3 Å². The van der Waals surface area contributed by atoms with Gasteiger partial charge in [-0.3, -0.25) is 15.1 Å². The Balaban J connectivity index is 1.99. The van der Waals surface area contributed by atoms with Gasteiger partial charge in [-0.2, -0.15) is 0 Å². The van der Waals surface area contributed by atoms with Crippen molar-refractivity contribution in [2.45, 2.75) is 0 Å². The first-order valence-corrected chi connectivity index (χ1v) is 6.09. The van der Waals surface area contributed by atoms with Crippen LogP contribution in [0.1, 0.15) is 0 Å². The summed E-state index contributed by atoms with van der Waals surface area (Å²) in [6, 6.07) is 16.2. The standard InChI is InChI=1S/C15H11N3O2/c19-18(20)14-6-7-15-11(9-14)8-13(10-16-15)17-12-4-2-1-3-5-12/h1-10,17H. The van der Waals surface area contributed by atoms with Crippen LogP contribution in [0.4, 0.5) is 17.1 Å². The number of nitro benzene ring substituents is 1. The largest absolute Gasteiger partial charge is 0.354 e. The lowest BCUT2D eigenvalue weighted by atomic mass is 10.2. The molecule has 2 aromatic carbocycles. The summed E-state index contributed by atoms with van der Waals surface area (Å²) in [5.41, 5.74) is 2.54. The number of aromatic nitrogens is 1. The number of hydrogen-bond donors (Lipinski definition) is 1. The minimum atomic E-state index is -0.406. The number of benzene rings is 2. The third-order valence-electron chi connectivity index (χ3n) is 2.94. The van der Waals surface area contributed by atoms with E-state index in [-0.39, 0.29) is 5.69 Å². The van der Waals surface area contributed by atoms with Gasteiger partial charge in [0, 0.05) is 23.2 Å². The third-order valence-corrected chi connectivity index (χ3v) is 2.94. The van der Waals surface area contributed by atoms with Gasteiger partial charge in [0.1, 0.15) is 0 Å². The van der Waals surface area contributed by atoms with E-state index in [0.29, 0.717) is 0 Å². The van der Waals surface area contributed by atoms with E-state index < -0.39 is 4.92 Å². The maximum atomic E-state index is 10.8. The second-order valence-electron chi connectivity index (χ2n) is 4.35. The Morgan fingerprint density at radius 2 is 1.80 bits per heavy atom. The van der Waals surface area contributed by atoms with Crippen LogP contribution in [0.3, 0.4) is 0 Å². The zero-order chi connectivity index (χ0) is 13.9. The summed E-state index contributed by atoms with van der Waals surface area (Å²) in [5, 5.41) is 14.7. The summed E-state index contributed by atoms with van der Waals surface area (Å²) in [6.07, 6.45) is 1.71. The number of fused-ring (bicyclic) bond motifs is 1. The molecule has 0 spiro atoms. The van der Waals surface area contributed by atoms with E-state index >= 15 is 0 Å². The van der Waals surface area contributed by atoms with Gasteiger partial charge >= 0.3 is 0 Å². The number of hydrogen-bond acceptors (Lipinski definition) is 4. The lowest BCUT2D eigenvalue weighted by molar-refractivity contribution is -0.384. The topological polar surface area (TPSA) is 68.1 Å². The highest BCUT2D eigenvalue weighted by Gasteiger charge is 2.07. The van der Waals surface area contributed by atoms with Crippen LogP contribution in [0.25, 0.3) is 10.9 Å². The number of pyridine rings is 1. The fourth-order valence-electron chi connectivity index (χ4n) is 1.99. The maximum Gasteiger partial charge on any atom is 0.270 e. The van der Waals surface area contributed by atoms with E-state index in [1.807, 2.05) is 36.4 Å². The minimum absolute atomic E-state index is 0.0659. The molecule has 1 N–H and O–H groups in total. The van der Waals surface area contributed by atoms with Gasteiger partial charge < -0.3 is 5.32 Å². The minimum Gasteiger partial charge on any atom is -0.354 e. The van der Waals surface area contributed by atoms with E-state index in [2.05, 4.69) is 10.3 Å². The van der Waals surface area contributed by atoms with Crippen LogP contribution in [0.15, 0.2) is 60.8 Å². The fourth-order valence-corrected chi connectivity index (χ4v) is 1.99. The van der Waals surface area contributed by atoms with Gasteiger partial charge in [0.25, 0.3) is 5.69 Å². The van der Waals surface area contributed by atoms with Crippen LogP contribution < -0.4 is 5.32 Å². The Hall–Kier alpha value is -2.95. The summed E-state index contributed by atoms with van der Waals surface area (Å²) in [6.45, 7) is 0. The van der Waals surface area contributed by atoms with Gasteiger partial charge in [0.2, 0.25) is 0 Å². The summed E-state index contributed by atoms with van der Waals surface area (Å²) in [5.74, 6) is 0. The smallest absolute Gasteiger partial charge is 0.270 e. The quantitative estimate of drug-likeness (QED) is 0.576. The van der Waals surface area contributed by atoms with Crippen molar-refractivity contribution in [2.75, 3.05) is 5.32 Å². The number of non-ortho nitro benzene ring substituents is 1. The van der Waals surface area contributed by atoms with E-state index in [4.69, 9.17) is 0 Å². The van der Waals surface area contributed by atoms with Gasteiger partial charge in [-0.1, -0.05) is 18.2 Å². The van der Waals surface area contributed by atoms with Gasteiger partial charge in [-0.05, 0) is 24.3 Å². The summed E-state index contributed by atoms with van der Waals surface area (Å²) >= 11 is 0. The average Bonchev–Trinajstić information content (AvgIpc) is 2.47. The predicted molar refractivity (Wildman–Crippen MR) is 78.1 cm³/mol. The molecular formula is C15H11N3O2. The lowest BCUT2D eigenvalue weighted by Crippen LogP contribution is -1.92. The summed E-state index contributed by atoms with van der Waals surface area (Å²) in [7, 11) is 0. The third kappa shape index (κ3) is 2.42. The van der Waals surface area contributed by atoms with E-state index in [0.717, 1.165) is 22.3 Å². The maximum absolute atomic E-state index is 10.8. The Labute approximate surface area is 115 Å². The molecule has 1 aromatic heterocycles. The second-order valence-corrected chi connectivity index (χ2v) is 4.35. The second kappa shape index (κ2) is 4.97. The zero-order valence-electron chi connectivity index (χ0n) is 10.5. The normalized spacial score (nSPS) is 10.4. The number of nitro groups is 1. The van der Waals surface area contributed by atoms with Crippen LogP contribution in [0, 0.1) is 10.1 Å². The van der Waals surface area contributed by atoms with E-state index in [1.165, 1.54) is 12.1 Å². The molecule has 0 saturated heterocycles. The van der Waals surface area contributed by atoms with E-state index in [9.17, 15) is 10.1 Å². The number of anilines is 2. The number of nitrogens with zero attached hydrogens (tertiary/aromatic N) is 2. The van der Waals surface area contributed by atoms with Gasteiger partial charge in [-0.25, -0.2) is 0 Å². The summed E-state index contributed by atoms with van der Waals surface area (Å²) < 4.78 is 0. The molecule has 3 aromatic rings. The molecule has 0 fully saturated rings. The SMILES string of the molecule is O=[N+]([O-])c1ccc2ncc(Nc3ccccc3)cc2c1. The Morgan fingerprint density at radius 3 is 2.55 bits per heavy atom. The van der Waals surface area contributed by atoms with Crippen molar-refractivity contribution in [2.24, 2.45) is 0 Å². The van der Waals surface area contributed by atoms with Crippen LogP contribution in [0.5, 0.6) is 0 Å². The summed E-state index contributed by atoms with van der Waals surface area (Å²) in [4.78, 5) is 14.7. The zero-order valence-corrected chi connectivity index (χ0v) is 10.5. The molecule has 20 heavy (non-hydrogen) atoms. The van der Waals surface area contributed by atoms with Crippen molar-refractivity contribution in [3.63, 3.8) is 0 Å². The number of para-hydroxylation sites is 1. The first-order valence-electron chi connectivity index (χ1n) is 6.09. The highest BCUT2D eigenvalue weighted by atomic mass is 16.6. The Morgan fingerprint density at radius 1 is 1.00 bits per heavy atom. The van der Waals surface area contributed by atoms with Crippen LogP contribution in [-0.2, 0) is 0 Å². The molecule has 0 radical (unpaired) electrons. The van der Waals surface area contributed by atoms with Crippen molar-refractivity contribution in [3.05, 3.63) is 70.9 Å². The lowest BCUT2D eigenvalue weighted by Gasteiger charge is -2.06. The molecule has 0 atom stereocenters. The molecule has 0 aliphatic carbocycles. The van der Waals surface area contributed by atoms with Gasteiger partial charge in [0.15, 0.2) is 0 Å².